The number of carbonyl (C=O) groups excluding carboxylic acids is 4. The summed E-state index contributed by atoms with van der Waals surface area (Å²) in [5.74, 6) is -3.23. The van der Waals surface area contributed by atoms with E-state index in [1.54, 1.807) is 0 Å². The fourth-order valence-electron chi connectivity index (χ4n) is 8.38. The number of allylic oxidation sites excluding steroid dienone is 4. The Morgan fingerprint density at radius 2 is 1.55 bits per heavy atom. The van der Waals surface area contributed by atoms with E-state index >= 15 is 0 Å². The first kappa shape index (κ1) is 28.2. The van der Waals surface area contributed by atoms with Crippen molar-refractivity contribution in [1.29, 1.82) is 0 Å². The van der Waals surface area contributed by atoms with Gasteiger partial charge in [-0.05, 0) is 42.0 Å². The third kappa shape index (κ3) is 3.99. The van der Waals surface area contributed by atoms with Crippen LogP contribution < -0.4 is 4.74 Å². The highest BCUT2D eigenvalue weighted by atomic mass is 16.5. The molecular formula is C37H33NO6. The number of ketones is 2. The smallest absolute Gasteiger partial charge is 0.233 e. The molecule has 0 bridgehead atoms. The number of aliphatic hydroxyl groups is 1. The number of aliphatic hydroxyl groups excluding tert-OH is 1. The van der Waals surface area contributed by atoms with E-state index in [2.05, 4.69) is 0 Å². The summed E-state index contributed by atoms with van der Waals surface area (Å²) in [6.07, 6.45) is 4.19. The molecule has 0 aromatic heterocycles. The zero-order valence-corrected chi connectivity index (χ0v) is 24.4. The van der Waals surface area contributed by atoms with Crippen molar-refractivity contribution in [2.24, 2.45) is 23.7 Å². The molecule has 0 unspecified atom stereocenters. The first-order chi connectivity index (χ1) is 21.4. The number of amides is 2. The van der Waals surface area contributed by atoms with Gasteiger partial charge >= 0.3 is 0 Å². The molecule has 7 heteroatoms. The number of rotatable bonds is 6. The second-order valence-electron chi connectivity index (χ2n) is 12.1. The number of fused-ring (bicyclic) bond motifs is 4. The Bertz CT molecular complexity index is 1730. The molecule has 0 radical (unpaired) electrons. The van der Waals surface area contributed by atoms with Gasteiger partial charge in [0.1, 0.15) is 12.4 Å². The van der Waals surface area contributed by atoms with Gasteiger partial charge in [-0.3, -0.25) is 24.1 Å². The maximum atomic E-state index is 15.0. The van der Waals surface area contributed by atoms with Crippen LogP contribution in [0.25, 0.3) is 5.57 Å². The number of Topliss-reactive ketones (excluding diaryl/α,β-unsaturated/α-hetero) is 1. The fraction of sp³-hybridized carbons (Fsp3) is 0.297. The molecule has 1 saturated carbocycles. The van der Waals surface area contributed by atoms with E-state index in [9.17, 15) is 24.3 Å². The molecule has 1 aliphatic heterocycles. The molecule has 1 saturated heterocycles. The van der Waals surface area contributed by atoms with Crippen molar-refractivity contribution in [3.63, 3.8) is 0 Å². The number of para-hydroxylation sites is 1. The van der Waals surface area contributed by atoms with Gasteiger partial charge in [0.25, 0.3) is 0 Å². The number of benzene rings is 3. The number of hydrogen-bond acceptors (Lipinski definition) is 6. The van der Waals surface area contributed by atoms with E-state index in [0.717, 1.165) is 11.1 Å². The number of ether oxygens (including phenoxy) is 1. The van der Waals surface area contributed by atoms with E-state index in [4.69, 9.17) is 4.74 Å². The molecular weight excluding hydrogens is 554 g/mol. The lowest BCUT2D eigenvalue weighted by Gasteiger charge is -2.55. The van der Waals surface area contributed by atoms with Gasteiger partial charge in [-0.1, -0.05) is 90.5 Å². The van der Waals surface area contributed by atoms with Crippen LogP contribution in [0.3, 0.4) is 0 Å². The van der Waals surface area contributed by atoms with Crippen molar-refractivity contribution >= 4 is 29.0 Å². The molecule has 3 aromatic rings. The molecule has 222 valence electrons. The molecule has 2 fully saturated rings. The second kappa shape index (κ2) is 10.8. The van der Waals surface area contributed by atoms with Crippen molar-refractivity contribution < 1.29 is 29.0 Å². The molecule has 44 heavy (non-hydrogen) atoms. The molecule has 2 amide bonds. The Balaban J connectivity index is 1.53. The largest absolute Gasteiger partial charge is 0.491 e. The first-order valence-corrected chi connectivity index (χ1v) is 15.1. The number of nitrogens with zero attached hydrogens (tertiary/aromatic N) is 1. The van der Waals surface area contributed by atoms with Crippen LogP contribution in [0.2, 0.25) is 0 Å². The fourth-order valence-corrected chi connectivity index (χ4v) is 8.38. The highest BCUT2D eigenvalue weighted by molar-refractivity contribution is 6.31. The third-order valence-electron chi connectivity index (χ3n) is 10.2. The van der Waals surface area contributed by atoms with Crippen LogP contribution in [0.4, 0.5) is 0 Å². The van der Waals surface area contributed by atoms with E-state index in [-0.39, 0.29) is 43.0 Å². The molecule has 6 atom stereocenters. The maximum Gasteiger partial charge on any atom is 0.233 e. The van der Waals surface area contributed by atoms with E-state index in [1.165, 1.54) is 18.0 Å². The molecule has 1 heterocycles. The van der Waals surface area contributed by atoms with Gasteiger partial charge in [0.05, 0.1) is 23.9 Å². The molecule has 4 aliphatic rings. The van der Waals surface area contributed by atoms with Crippen LogP contribution >= 0.6 is 0 Å². The van der Waals surface area contributed by atoms with Crippen molar-refractivity contribution in [1.82, 2.24) is 4.90 Å². The minimum atomic E-state index is -1.32. The normalized spacial score (nSPS) is 29.4. The monoisotopic (exact) mass is 587 g/mol. The Labute approximate surface area is 255 Å². The SMILES string of the molecule is CN1C(=O)[C@H]2[C@H](CC=C3[C@H]2C[C@H]2C(=O)C(c4ccccc4)=CC(=O)[C@@]2(c2ccccc2)[C@H]3c2ccccc2OCCO)C1=O. The topological polar surface area (TPSA) is 101 Å². The van der Waals surface area contributed by atoms with Crippen LogP contribution in [0, 0.1) is 23.7 Å². The lowest BCUT2D eigenvalue weighted by atomic mass is 9.44. The summed E-state index contributed by atoms with van der Waals surface area (Å²) in [5, 5.41) is 9.61. The minimum absolute atomic E-state index is 0.0569. The van der Waals surface area contributed by atoms with Gasteiger partial charge in [-0.25, -0.2) is 0 Å². The highest BCUT2D eigenvalue weighted by Crippen LogP contribution is 2.64. The lowest BCUT2D eigenvalue weighted by Crippen LogP contribution is -2.58. The van der Waals surface area contributed by atoms with Gasteiger partial charge < -0.3 is 9.84 Å². The Morgan fingerprint density at radius 1 is 0.864 bits per heavy atom. The van der Waals surface area contributed by atoms with Crippen LogP contribution in [-0.4, -0.2) is 53.6 Å². The highest BCUT2D eigenvalue weighted by Gasteiger charge is 2.66. The summed E-state index contributed by atoms with van der Waals surface area (Å²) in [5.41, 5.74) is 2.04. The van der Waals surface area contributed by atoms with Gasteiger partial charge in [-0.15, -0.1) is 0 Å². The number of imide groups is 1. The van der Waals surface area contributed by atoms with Gasteiger partial charge in [0.15, 0.2) is 11.6 Å². The van der Waals surface area contributed by atoms with Crippen LogP contribution in [0.5, 0.6) is 5.75 Å². The number of carbonyl (C=O) groups is 4. The predicted molar refractivity (Wildman–Crippen MR) is 163 cm³/mol. The lowest BCUT2D eigenvalue weighted by molar-refractivity contribution is -0.139. The Morgan fingerprint density at radius 3 is 2.27 bits per heavy atom. The molecule has 3 aromatic carbocycles. The predicted octanol–water partition coefficient (Wildman–Crippen LogP) is 4.51. The van der Waals surface area contributed by atoms with E-state index in [1.807, 2.05) is 91.0 Å². The van der Waals surface area contributed by atoms with E-state index in [0.29, 0.717) is 28.9 Å². The van der Waals surface area contributed by atoms with Gasteiger partial charge in [-0.2, -0.15) is 0 Å². The van der Waals surface area contributed by atoms with Gasteiger partial charge in [0, 0.05) is 30.0 Å². The number of likely N-dealkylation sites (tertiary alicyclic amines) is 1. The summed E-state index contributed by atoms with van der Waals surface area (Å²) < 4.78 is 6.06. The van der Waals surface area contributed by atoms with Crippen LogP contribution in [0.1, 0.15) is 35.4 Å². The Hall–Kier alpha value is -4.62. The quantitative estimate of drug-likeness (QED) is 0.337. The van der Waals surface area contributed by atoms with E-state index < -0.39 is 35.0 Å². The average molecular weight is 588 g/mol. The molecule has 7 rings (SSSR count). The van der Waals surface area contributed by atoms with Crippen molar-refractivity contribution in [2.75, 3.05) is 20.3 Å². The van der Waals surface area contributed by atoms with Crippen LogP contribution in [-0.2, 0) is 24.6 Å². The summed E-state index contributed by atoms with van der Waals surface area (Å²) >= 11 is 0. The summed E-state index contributed by atoms with van der Waals surface area (Å²) in [6.45, 7) is -0.133. The Kier molecular flexibility index (Phi) is 6.93. The minimum Gasteiger partial charge on any atom is -0.491 e. The summed E-state index contributed by atoms with van der Waals surface area (Å²) in [4.78, 5) is 57.9. The summed E-state index contributed by atoms with van der Waals surface area (Å²) in [6, 6.07) is 26.1. The van der Waals surface area contributed by atoms with Gasteiger partial charge in [0.2, 0.25) is 11.8 Å². The first-order valence-electron chi connectivity index (χ1n) is 15.1. The number of hydrogen-bond donors (Lipinski definition) is 1. The third-order valence-corrected chi connectivity index (χ3v) is 10.2. The molecule has 7 nitrogen and oxygen atoms in total. The molecule has 0 spiro atoms. The zero-order valence-electron chi connectivity index (χ0n) is 24.4. The zero-order chi connectivity index (χ0) is 30.6. The maximum absolute atomic E-state index is 15.0. The molecule has 1 N–H and O–H groups in total. The second-order valence-corrected chi connectivity index (χ2v) is 12.1. The van der Waals surface area contributed by atoms with Crippen LogP contribution in [0.15, 0.2) is 103 Å². The van der Waals surface area contributed by atoms with Crippen molar-refractivity contribution in [3.05, 3.63) is 119 Å². The summed E-state index contributed by atoms with van der Waals surface area (Å²) in [7, 11) is 1.53. The van der Waals surface area contributed by atoms with Crippen molar-refractivity contribution in [3.8, 4) is 5.75 Å². The average Bonchev–Trinajstić information content (AvgIpc) is 3.29. The molecule has 3 aliphatic carbocycles. The van der Waals surface area contributed by atoms with Crippen molar-refractivity contribution in [2.45, 2.75) is 24.2 Å². The standard InChI is InChI=1S/C37H33NO6/c1-38-35(42)26-17-16-24-28(32(26)36(38)43)20-29-34(41)27(22-10-4-2-5-11-22)21-31(40)37(29,23-12-6-3-7-13-23)33(24)25-14-8-9-15-30(25)44-19-18-39/h2-16,21,26,28-29,32-33,39H,17-20H2,1H3/t26-,28+,29-,32-,33+,37-/m0/s1.